The Morgan fingerprint density at radius 1 is 1.31 bits per heavy atom. The van der Waals surface area contributed by atoms with Gasteiger partial charge in [-0.25, -0.2) is 15.0 Å². The predicted molar refractivity (Wildman–Crippen MR) is 130 cm³/mol. The SMILES string of the molecule is [B]c1nc(C(=O)NCc2ccc(N3C(=NC)/C(=C\C)N=C3c3cccnc3N)cc2)cs1. The fourth-order valence-corrected chi connectivity index (χ4v) is 3.84. The van der Waals surface area contributed by atoms with Gasteiger partial charge in [-0.05, 0) is 36.8 Å². The zero-order valence-corrected chi connectivity index (χ0v) is 18.4. The maximum atomic E-state index is 12.2. The first-order valence-corrected chi connectivity index (χ1v) is 10.7. The molecule has 1 amide bonds. The highest BCUT2D eigenvalue weighted by Gasteiger charge is 2.31. The molecule has 1 aliphatic rings. The first kappa shape index (κ1) is 21.4. The lowest BCUT2D eigenvalue weighted by Gasteiger charge is -2.22. The maximum Gasteiger partial charge on any atom is 0.270 e. The molecule has 3 N–H and O–H groups in total. The van der Waals surface area contributed by atoms with Crippen LogP contribution >= 0.6 is 11.3 Å². The molecule has 10 heteroatoms. The number of amidine groups is 2. The quantitative estimate of drug-likeness (QED) is 0.589. The van der Waals surface area contributed by atoms with Crippen LogP contribution in [0.5, 0.6) is 0 Å². The van der Waals surface area contributed by atoms with Crippen molar-refractivity contribution in [2.45, 2.75) is 13.5 Å². The van der Waals surface area contributed by atoms with Crippen molar-refractivity contribution < 1.29 is 4.79 Å². The largest absolute Gasteiger partial charge is 0.383 e. The highest BCUT2D eigenvalue weighted by molar-refractivity contribution is 7.17. The van der Waals surface area contributed by atoms with Crippen LogP contribution in [0.1, 0.15) is 28.5 Å². The van der Waals surface area contributed by atoms with E-state index in [4.69, 9.17) is 18.6 Å². The van der Waals surface area contributed by atoms with Crippen molar-refractivity contribution in [3.05, 3.63) is 76.6 Å². The van der Waals surface area contributed by atoms with Gasteiger partial charge >= 0.3 is 0 Å². The van der Waals surface area contributed by atoms with Crippen LogP contribution in [0.4, 0.5) is 11.5 Å². The maximum absolute atomic E-state index is 12.2. The number of nitrogen functional groups attached to an aromatic ring is 1. The molecule has 2 radical (unpaired) electrons. The fourth-order valence-electron chi connectivity index (χ4n) is 3.30. The van der Waals surface area contributed by atoms with Gasteiger partial charge in [-0.2, -0.15) is 0 Å². The number of thiazole rings is 1. The van der Waals surface area contributed by atoms with E-state index in [2.05, 4.69) is 20.3 Å². The summed E-state index contributed by atoms with van der Waals surface area (Å²) < 4.78 is 0. The molecule has 32 heavy (non-hydrogen) atoms. The lowest BCUT2D eigenvalue weighted by atomic mass is 10.1. The van der Waals surface area contributed by atoms with Gasteiger partial charge in [-0.15, -0.1) is 11.3 Å². The zero-order chi connectivity index (χ0) is 22.7. The van der Waals surface area contributed by atoms with Crippen molar-refractivity contribution in [3.63, 3.8) is 0 Å². The highest BCUT2D eigenvalue weighted by atomic mass is 32.1. The lowest BCUT2D eigenvalue weighted by molar-refractivity contribution is 0.0947. The van der Waals surface area contributed by atoms with Crippen LogP contribution in [0.3, 0.4) is 0 Å². The number of nitrogens with two attached hydrogens (primary N) is 1. The zero-order valence-electron chi connectivity index (χ0n) is 17.6. The van der Waals surface area contributed by atoms with Gasteiger partial charge in [0.25, 0.3) is 5.91 Å². The number of nitrogens with zero attached hydrogens (tertiary/aromatic N) is 5. The second-order valence-electron chi connectivity index (χ2n) is 6.85. The molecule has 8 nitrogen and oxygen atoms in total. The van der Waals surface area contributed by atoms with Crippen LogP contribution in [-0.2, 0) is 6.54 Å². The third-order valence-corrected chi connectivity index (χ3v) is 5.52. The second kappa shape index (κ2) is 9.15. The molecule has 3 aromatic rings. The molecule has 2 aromatic heterocycles. The van der Waals surface area contributed by atoms with E-state index in [1.54, 1.807) is 18.6 Å². The number of benzene rings is 1. The summed E-state index contributed by atoms with van der Waals surface area (Å²) in [5, 5.41) is 4.49. The predicted octanol–water partition coefficient (Wildman–Crippen LogP) is 2.04. The minimum Gasteiger partial charge on any atom is -0.383 e. The highest BCUT2D eigenvalue weighted by Crippen LogP contribution is 2.29. The van der Waals surface area contributed by atoms with E-state index in [1.807, 2.05) is 54.3 Å². The Labute approximate surface area is 191 Å². The number of amides is 1. The van der Waals surface area contributed by atoms with Gasteiger partial charge in [0.05, 0.1) is 5.56 Å². The molecule has 4 rings (SSSR count). The van der Waals surface area contributed by atoms with E-state index in [0.29, 0.717) is 34.6 Å². The van der Waals surface area contributed by atoms with E-state index in [9.17, 15) is 4.79 Å². The molecule has 0 saturated heterocycles. The summed E-state index contributed by atoms with van der Waals surface area (Å²) in [5.41, 5.74) is 9.73. The number of rotatable bonds is 5. The van der Waals surface area contributed by atoms with Crippen LogP contribution in [0.25, 0.3) is 0 Å². The van der Waals surface area contributed by atoms with E-state index in [0.717, 1.165) is 22.5 Å². The summed E-state index contributed by atoms with van der Waals surface area (Å²) >= 11 is 1.23. The van der Waals surface area contributed by atoms with Crippen molar-refractivity contribution >= 4 is 53.2 Å². The second-order valence-corrected chi connectivity index (χ2v) is 7.74. The molecule has 0 aliphatic carbocycles. The lowest BCUT2D eigenvalue weighted by Crippen LogP contribution is -2.33. The number of hydrogen-bond donors (Lipinski definition) is 2. The van der Waals surface area contributed by atoms with Crippen molar-refractivity contribution in [2.24, 2.45) is 9.98 Å². The number of pyridine rings is 1. The number of carbonyl (C=O) groups excluding carboxylic acids is 1. The number of hydrogen-bond acceptors (Lipinski definition) is 7. The molecule has 1 aromatic carbocycles. The smallest absolute Gasteiger partial charge is 0.270 e. The Bertz CT molecular complexity index is 1250. The summed E-state index contributed by atoms with van der Waals surface area (Å²) in [6, 6.07) is 11.5. The van der Waals surface area contributed by atoms with Crippen LogP contribution in [0.15, 0.2) is 69.7 Å². The van der Waals surface area contributed by atoms with Gasteiger partial charge < -0.3 is 11.1 Å². The summed E-state index contributed by atoms with van der Waals surface area (Å²) in [4.78, 5) is 31.9. The molecule has 0 fully saturated rings. The van der Waals surface area contributed by atoms with Crippen LogP contribution in [0.2, 0.25) is 0 Å². The molecule has 3 heterocycles. The minimum absolute atomic E-state index is 0.263. The van der Waals surface area contributed by atoms with E-state index in [1.165, 1.54) is 11.3 Å². The first-order chi connectivity index (χ1) is 15.5. The van der Waals surface area contributed by atoms with Gasteiger partial charge in [-0.3, -0.25) is 14.7 Å². The Kier molecular flexibility index (Phi) is 6.13. The Morgan fingerprint density at radius 3 is 2.72 bits per heavy atom. The molecular weight excluding hydrogens is 421 g/mol. The summed E-state index contributed by atoms with van der Waals surface area (Å²) in [6.45, 7) is 2.28. The molecule has 158 valence electrons. The molecule has 0 spiro atoms. The molecule has 0 unspecified atom stereocenters. The van der Waals surface area contributed by atoms with Crippen LogP contribution < -0.4 is 20.9 Å². The van der Waals surface area contributed by atoms with Crippen molar-refractivity contribution in [1.82, 2.24) is 15.3 Å². The van der Waals surface area contributed by atoms with Crippen molar-refractivity contribution in [1.29, 1.82) is 0 Å². The Balaban J connectivity index is 1.58. The third kappa shape index (κ3) is 4.17. The average Bonchev–Trinajstić information content (AvgIpc) is 3.41. The fraction of sp³-hybridized carbons (Fsp3) is 0.136. The normalized spacial score (nSPS) is 15.9. The topological polar surface area (TPSA) is 109 Å². The number of allylic oxidation sites excluding steroid dienone is 1. The van der Waals surface area contributed by atoms with Gasteiger partial charge in [0.1, 0.15) is 17.2 Å². The molecule has 0 saturated carbocycles. The van der Waals surface area contributed by atoms with Crippen LogP contribution in [-0.4, -0.2) is 42.4 Å². The molecule has 0 bridgehead atoms. The summed E-state index contributed by atoms with van der Waals surface area (Å²) in [7, 11) is 7.32. The standard InChI is InChI=1S/C22H20BN7OS/c1-3-16-20(25-2)30(19(28-16)15-5-4-10-26-18(15)24)14-8-6-13(7-9-14)11-27-21(31)17-12-32-22(23)29-17/h3-10,12H,11H2,1-2H3,(H2,24,26)(H,27,31)/b16-3+,25-20?. The van der Waals surface area contributed by atoms with Gasteiger partial charge in [0.2, 0.25) is 0 Å². The molecule has 1 aliphatic heterocycles. The van der Waals surface area contributed by atoms with E-state index in [-0.39, 0.29) is 5.91 Å². The monoisotopic (exact) mass is 441 g/mol. The average molecular weight is 441 g/mol. The van der Waals surface area contributed by atoms with Gasteiger partial charge in [0.15, 0.2) is 19.5 Å². The Hall–Kier alpha value is -3.79. The van der Waals surface area contributed by atoms with Crippen molar-refractivity contribution in [3.8, 4) is 0 Å². The number of aliphatic imine (C=N–C) groups is 2. The number of anilines is 2. The molecular formula is C22H20BN7OS. The van der Waals surface area contributed by atoms with Gasteiger partial charge in [0, 0.05) is 35.8 Å². The van der Waals surface area contributed by atoms with Crippen molar-refractivity contribution in [2.75, 3.05) is 17.7 Å². The van der Waals surface area contributed by atoms with Gasteiger partial charge in [-0.1, -0.05) is 18.2 Å². The first-order valence-electron chi connectivity index (χ1n) is 9.83. The number of carbonyl (C=O) groups is 1. The number of nitrogens with one attached hydrogen (secondary N) is 1. The number of aromatic nitrogens is 2. The van der Waals surface area contributed by atoms with E-state index < -0.39 is 0 Å². The van der Waals surface area contributed by atoms with Crippen LogP contribution in [0, 0.1) is 0 Å². The third-order valence-electron chi connectivity index (χ3n) is 4.85. The summed E-state index contributed by atoms with van der Waals surface area (Å²) in [6.07, 6.45) is 3.55. The minimum atomic E-state index is -0.263. The van der Waals surface area contributed by atoms with E-state index >= 15 is 0 Å². The summed E-state index contributed by atoms with van der Waals surface area (Å²) in [5.74, 6) is 1.51. The Morgan fingerprint density at radius 2 is 2.09 bits per heavy atom. The molecule has 0 atom stereocenters.